The third-order valence-corrected chi connectivity index (χ3v) is 3.81. The summed E-state index contributed by atoms with van der Waals surface area (Å²) in [4.78, 5) is 12.2. The van der Waals surface area contributed by atoms with Crippen LogP contribution >= 0.6 is 0 Å². The maximum absolute atomic E-state index is 12.2. The van der Waals surface area contributed by atoms with Crippen molar-refractivity contribution in [1.29, 1.82) is 0 Å². The number of anilines is 1. The maximum Gasteiger partial charge on any atom is 0.228 e. The van der Waals surface area contributed by atoms with Crippen molar-refractivity contribution in [1.82, 2.24) is 14.8 Å². The van der Waals surface area contributed by atoms with Gasteiger partial charge in [0.2, 0.25) is 5.91 Å². The van der Waals surface area contributed by atoms with E-state index in [1.165, 1.54) is 0 Å². The van der Waals surface area contributed by atoms with Crippen LogP contribution in [0.25, 0.3) is 5.69 Å². The van der Waals surface area contributed by atoms with Gasteiger partial charge in [-0.15, -0.1) is 10.2 Å². The first-order valence-electron chi connectivity index (χ1n) is 7.80. The molecule has 0 unspecified atom stereocenters. The van der Waals surface area contributed by atoms with Crippen LogP contribution in [0.2, 0.25) is 0 Å². The quantitative estimate of drug-likeness (QED) is 0.716. The van der Waals surface area contributed by atoms with E-state index in [2.05, 4.69) is 15.5 Å². The highest BCUT2D eigenvalue weighted by Gasteiger charge is 2.08. The first kappa shape index (κ1) is 16.7. The van der Waals surface area contributed by atoms with Crippen molar-refractivity contribution in [2.24, 2.45) is 5.73 Å². The minimum absolute atomic E-state index is 0.0976. The fourth-order valence-electron chi connectivity index (χ4n) is 2.50. The number of nitrogens with zero attached hydrogens (tertiary/aromatic N) is 3. The Balaban J connectivity index is 1.64. The van der Waals surface area contributed by atoms with E-state index in [4.69, 9.17) is 10.5 Å². The molecule has 0 radical (unpaired) electrons. The van der Waals surface area contributed by atoms with Crippen LogP contribution in [0, 0.1) is 0 Å². The first-order valence-corrected chi connectivity index (χ1v) is 7.80. The molecule has 7 heteroatoms. The minimum Gasteiger partial charge on any atom is -0.496 e. The van der Waals surface area contributed by atoms with E-state index in [-0.39, 0.29) is 12.3 Å². The molecule has 3 rings (SSSR count). The Labute approximate surface area is 145 Å². The summed E-state index contributed by atoms with van der Waals surface area (Å²) in [5, 5.41) is 10.4. The van der Waals surface area contributed by atoms with Gasteiger partial charge in [-0.1, -0.05) is 18.2 Å². The summed E-state index contributed by atoms with van der Waals surface area (Å²) in [6.45, 7) is 0.385. The Hall–Kier alpha value is -3.19. The van der Waals surface area contributed by atoms with Crippen LogP contribution in [0.3, 0.4) is 0 Å². The van der Waals surface area contributed by atoms with Gasteiger partial charge < -0.3 is 15.8 Å². The Morgan fingerprint density at radius 2 is 1.88 bits per heavy atom. The predicted octanol–water partition coefficient (Wildman–Crippen LogP) is 1.92. The van der Waals surface area contributed by atoms with Crippen molar-refractivity contribution in [3.8, 4) is 11.4 Å². The molecular formula is C18H19N5O2. The molecule has 0 saturated carbocycles. The average molecular weight is 337 g/mol. The van der Waals surface area contributed by atoms with E-state index in [9.17, 15) is 4.79 Å². The van der Waals surface area contributed by atoms with Crippen molar-refractivity contribution in [3.63, 3.8) is 0 Å². The van der Waals surface area contributed by atoms with E-state index < -0.39 is 0 Å². The summed E-state index contributed by atoms with van der Waals surface area (Å²) in [7, 11) is 1.58. The van der Waals surface area contributed by atoms with Crippen LogP contribution in [-0.2, 0) is 17.8 Å². The van der Waals surface area contributed by atoms with E-state index >= 15 is 0 Å². The number of nitrogens with two attached hydrogens (primary N) is 1. The number of rotatable bonds is 6. The molecule has 0 atom stereocenters. The summed E-state index contributed by atoms with van der Waals surface area (Å²) in [6, 6.07) is 13.1. The minimum atomic E-state index is -0.0976. The number of carbonyl (C=O) groups is 1. The lowest BCUT2D eigenvalue weighted by molar-refractivity contribution is -0.115. The predicted molar refractivity (Wildman–Crippen MR) is 94.6 cm³/mol. The molecule has 0 saturated heterocycles. The largest absolute Gasteiger partial charge is 0.496 e. The van der Waals surface area contributed by atoms with Crippen molar-refractivity contribution < 1.29 is 9.53 Å². The molecule has 0 fully saturated rings. The van der Waals surface area contributed by atoms with Crippen molar-refractivity contribution in [2.75, 3.05) is 12.4 Å². The van der Waals surface area contributed by atoms with Crippen LogP contribution in [-0.4, -0.2) is 27.8 Å². The van der Waals surface area contributed by atoms with Gasteiger partial charge in [0.15, 0.2) is 0 Å². The Kier molecular flexibility index (Phi) is 5.06. The van der Waals surface area contributed by atoms with Crippen molar-refractivity contribution in [2.45, 2.75) is 13.0 Å². The molecule has 0 spiro atoms. The third-order valence-electron chi connectivity index (χ3n) is 3.81. The molecule has 1 aromatic heterocycles. The first-order chi connectivity index (χ1) is 12.2. The van der Waals surface area contributed by atoms with Crippen molar-refractivity contribution in [3.05, 3.63) is 66.2 Å². The number of benzene rings is 2. The zero-order chi connectivity index (χ0) is 17.6. The second-order valence-electron chi connectivity index (χ2n) is 5.49. The second-order valence-corrected chi connectivity index (χ2v) is 5.49. The standard InChI is InChI=1S/C18H19N5O2/c1-25-17-9-15(5-4-14(17)10-19)22-18(24)8-13-2-6-16(7-3-13)23-11-20-21-12-23/h2-7,9,11-12H,8,10,19H2,1H3,(H,22,24). The monoisotopic (exact) mass is 337 g/mol. The highest BCUT2D eigenvalue weighted by Crippen LogP contribution is 2.23. The number of nitrogens with one attached hydrogen (secondary N) is 1. The highest BCUT2D eigenvalue weighted by atomic mass is 16.5. The molecule has 0 aliphatic carbocycles. The fourth-order valence-corrected chi connectivity index (χ4v) is 2.50. The smallest absolute Gasteiger partial charge is 0.228 e. The summed E-state index contributed by atoms with van der Waals surface area (Å²) >= 11 is 0. The zero-order valence-electron chi connectivity index (χ0n) is 13.8. The van der Waals surface area contributed by atoms with Gasteiger partial charge in [-0.25, -0.2) is 0 Å². The van der Waals surface area contributed by atoms with Gasteiger partial charge in [0, 0.05) is 29.5 Å². The van der Waals surface area contributed by atoms with Crippen molar-refractivity contribution >= 4 is 11.6 Å². The Bertz CT molecular complexity index is 844. The number of amides is 1. The van der Waals surface area contributed by atoms with Gasteiger partial charge in [0.05, 0.1) is 13.5 Å². The topological polar surface area (TPSA) is 95.1 Å². The summed E-state index contributed by atoms with van der Waals surface area (Å²) < 4.78 is 7.08. The van der Waals surface area contributed by atoms with Gasteiger partial charge >= 0.3 is 0 Å². The van der Waals surface area contributed by atoms with Gasteiger partial charge in [-0.3, -0.25) is 9.36 Å². The normalized spacial score (nSPS) is 10.5. The lowest BCUT2D eigenvalue weighted by atomic mass is 10.1. The lowest BCUT2D eigenvalue weighted by Gasteiger charge is -2.10. The summed E-state index contributed by atoms with van der Waals surface area (Å²) in [6.07, 6.45) is 3.53. The van der Waals surface area contributed by atoms with Gasteiger partial charge in [-0.05, 0) is 23.8 Å². The van der Waals surface area contributed by atoms with E-state index in [0.29, 0.717) is 18.0 Å². The number of carbonyl (C=O) groups excluding carboxylic acids is 1. The Morgan fingerprint density at radius 1 is 1.16 bits per heavy atom. The molecule has 3 N–H and O–H groups in total. The van der Waals surface area contributed by atoms with Gasteiger partial charge in [0.1, 0.15) is 18.4 Å². The highest BCUT2D eigenvalue weighted by molar-refractivity contribution is 5.92. The summed E-state index contributed by atoms with van der Waals surface area (Å²) in [5.74, 6) is 0.568. The van der Waals surface area contributed by atoms with E-state index in [1.807, 2.05) is 36.4 Å². The van der Waals surface area contributed by atoms with E-state index in [0.717, 1.165) is 16.8 Å². The molecule has 1 heterocycles. The fraction of sp³-hybridized carbons (Fsp3) is 0.167. The number of ether oxygens (including phenoxy) is 1. The molecule has 25 heavy (non-hydrogen) atoms. The summed E-state index contributed by atoms with van der Waals surface area (Å²) in [5.41, 5.74) is 9.08. The molecular weight excluding hydrogens is 318 g/mol. The number of aromatic nitrogens is 3. The number of methoxy groups -OCH3 is 1. The Morgan fingerprint density at radius 3 is 2.52 bits per heavy atom. The van der Waals surface area contributed by atoms with Crippen LogP contribution in [0.5, 0.6) is 5.75 Å². The third kappa shape index (κ3) is 4.02. The van der Waals surface area contributed by atoms with Crippen LogP contribution in [0.15, 0.2) is 55.1 Å². The van der Waals surface area contributed by atoms with Crippen LogP contribution in [0.1, 0.15) is 11.1 Å². The number of hydrogen-bond donors (Lipinski definition) is 2. The molecule has 0 bridgehead atoms. The van der Waals surface area contributed by atoms with Gasteiger partial charge in [0.25, 0.3) is 0 Å². The van der Waals surface area contributed by atoms with Crippen LogP contribution < -0.4 is 15.8 Å². The van der Waals surface area contributed by atoms with Crippen LogP contribution in [0.4, 0.5) is 5.69 Å². The molecule has 2 aromatic carbocycles. The average Bonchev–Trinajstić information content (AvgIpc) is 3.17. The number of hydrogen-bond acceptors (Lipinski definition) is 5. The molecule has 0 aliphatic heterocycles. The second kappa shape index (κ2) is 7.59. The molecule has 0 aliphatic rings. The lowest BCUT2D eigenvalue weighted by Crippen LogP contribution is -2.14. The molecule has 128 valence electrons. The molecule has 3 aromatic rings. The zero-order valence-corrected chi connectivity index (χ0v) is 13.8. The van der Waals surface area contributed by atoms with E-state index in [1.54, 1.807) is 30.4 Å². The molecule has 7 nitrogen and oxygen atoms in total. The maximum atomic E-state index is 12.2. The molecule has 1 amide bonds. The SMILES string of the molecule is COc1cc(NC(=O)Cc2ccc(-n3cnnc3)cc2)ccc1CN. The van der Waals surface area contributed by atoms with Gasteiger partial charge in [-0.2, -0.15) is 0 Å².